The Kier molecular flexibility index (Phi) is 4.84. The second kappa shape index (κ2) is 6.20. The highest BCUT2D eigenvalue weighted by Crippen LogP contribution is 2.26. The standard InChI is InChI=1S/C13H9BrCl2OS/c14-8-4-10(18-7-8)5-9(17)6-11-12(15)2-1-3-13(11)16/h1-4,7H,5-6H2. The minimum absolute atomic E-state index is 0.111. The first kappa shape index (κ1) is 14.1. The third-order valence-electron chi connectivity index (χ3n) is 2.43. The highest BCUT2D eigenvalue weighted by atomic mass is 79.9. The van der Waals surface area contributed by atoms with Crippen LogP contribution < -0.4 is 0 Å². The summed E-state index contributed by atoms with van der Waals surface area (Å²) in [6.07, 6.45) is 0.686. The van der Waals surface area contributed by atoms with E-state index in [4.69, 9.17) is 23.2 Å². The minimum Gasteiger partial charge on any atom is -0.299 e. The number of hydrogen-bond donors (Lipinski definition) is 0. The molecule has 2 aromatic rings. The zero-order valence-electron chi connectivity index (χ0n) is 9.25. The van der Waals surface area contributed by atoms with Crippen LogP contribution in [0.1, 0.15) is 10.4 Å². The van der Waals surface area contributed by atoms with Gasteiger partial charge in [-0.3, -0.25) is 4.79 Å². The maximum absolute atomic E-state index is 12.0. The Morgan fingerprint density at radius 3 is 2.44 bits per heavy atom. The van der Waals surface area contributed by atoms with Crippen LogP contribution in [-0.4, -0.2) is 5.78 Å². The van der Waals surface area contributed by atoms with Gasteiger partial charge in [0.25, 0.3) is 0 Å². The largest absolute Gasteiger partial charge is 0.299 e. The van der Waals surface area contributed by atoms with E-state index in [2.05, 4.69) is 15.9 Å². The van der Waals surface area contributed by atoms with Gasteiger partial charge in [-0.15, -0.1) is 11.3 Å². The van der Waals surface area contributed by atoms with Crippen LogP contribution in [0.25, 0.3) is 0 Å². The molecule has 94 valence electrons. The van der Waals surface area contributed by atoms with Crippen molar-refractivity contribution in [2.45, 2.75) is 12.8 Å². The number of carbonyl (C=O) groups excluding carboxylic acids is 1. The molecule has 1 nitrogen and oxygen atoms in total. The van der Waals surface area contributed by atoms with E-state index < -0.39 is 0 Å². The molecule has 5 heteroatoms. The van der Waals surface area contributed by atoms with Crippen molar-refractivity contribution in [3.63, 3.8) is 0 Å². The molecule has 18 heavy (non-hydrogen) atoms. The quantitative estimate of drug-likeness (QED) is 0.732. The highest BCUT2D eigenvalue weighted by molar-refractivity contribution is 9.10. The van der Waals surface area contributed by atoms with Gasteiger partial charge in [0.2, 0.25) is 0 Å². The molecule has 1 aromatic heterocycles. The van der Waals surface area contributed by atoms with Gasteiger partial charge in [0, 0.05) is 37.6 Å². The van der Waals surface area contributed by atoms with Crippen molar-refractivity contribution in [2.24, 2.45) is 0 Å². The van der Waals surface area contributed by atoms with E-state index in [1.807, 2.05) is 11.4 Å². The van der Waals surface area contributed by atoms with Crippen LogP contribution in [-0.2, 0) is 17.6 Å². The van der Waals surface area contributed by atoms with Crippen molar-refractivity contribution >= 4 is 56.3 Å². The van der Waals surface area contributed by atoms with Crippen molar-refractivity contribution in [3.05, 3.63) is 54.6 Å². The van der Waals surface area contributed by atoms with E-state index in [0.29, 0.717) is 22.0 Å². The number of Topliss-reactive ketones (excluding diaryl/α,β-unsaturated/α-hetero) is 1. The molecule has 0 saturated heterocycles. The Hall–Kier alpha value is -0.350. The summed E-state index contributed by atoms with van der Waals surface area (Å²) in [5, 5.41) is 3.05. The van der Waals surface area contributed by atoms with E-state index in [9.17, 15) is 4.79 Å². The van der Waals surface area contributed by atoms with Crippen LogP contribution in [0.5, 0.6) is 0 Å². The average Bonchev–Trinajstić information content (AvgIpc) is 2.69. The molecule has 1 heterocycles. The second-order valence-electron chi connectivity index (χ2n) is 3.82. The van der Waals surface area contributed by atoms with Crippen LogP contribution in [0.2, 0.25) is 10.0 Å². The second-order valence-corrected chi connectivity index (χ2v) is 6.55. The van der Waals surface area contributed by atoms with Gasteiger partial charge >= 0.3 is 0 Å². The molecule has 1 aromatic carbocycles. The zero-order valence-corrected chi connectivity index (χ0v) is 13.2. The van der Waals surface area contributed by atoms with E-state index in [-0.39, 0.29) is 12.2 Å². The summed E-state index contributed by atoms with van der Waals surface area (Å²) >= 11 is 17.0. The molecule has 0 radical (unpaired) electrons. The Morgan fingerprint density at radius 2 is 1.89 bits per heavy atom. The first-order chi connectivity index (χ1) is 8.56. The molecular formula is C13H9BrCl2OS. The Labute approximate surface area is 128 Å². The van der Waals surface area contributed by atoms with Gasteiger partial charge < -0.3 is 0 Å². The fourth-order valence-electron chi connectivity index (χ4n) is 1.60. The van der Waals surface area contributed by atoms with Crippen molar-refractivity contribution < 1.29 is 4.79 Å². The van der Waals surface area contributed by atoms with E-state index in [1.165, 1.54) is 0 Å². The molecule has 0 amide bonds. The summed E-state index contributed by atoms with van der Waals surface area (Å²) in [7, 11) is 0. The smallest absolute Gasteiger partial charge is 0.142 e. The van der Waals surface area contributed by atoms with Gasteiger partial charge in [0.1, 0.15) is 5.78 Å². The number of halogens is 3. The summed E-state index contributed by atoms with van der Waals surface area (Å²) in [6, 6.07) is 7.22. The van der Waals surface area contributed by atoms with Crippen LogP contribution in [0.4, 0.5) is 0 Å². The molecular weight excluding hydrogens is 355 g/mol. The van der Waals surface area contributed by atoms with Crippen molar-refractivity contribution in [2.75, 3.05) is 0 Å². The highest BCUT2D eigenvalue weighted by Gasteiger charge is 2.12. The number of thiophene rings is 1. The first-order valence-electron chi connectivity index (χ1n) is 5.24. The molecule has 0 spiro atoms. The molecule has 0 aliphatic heterocycles. The topological polar surface area (TPSA) is 17.1 Å². The lowest BCUT2D eigenvalue weighted by molar-refractivity contribution is -0.117. The fraction of sp³-hybridized carbons (Fsp3) is 0.154. The molecule has 0 fully saturated rings. The lowest BCUT2D eigenvalue weighted by Crippen LogP contribution is -2.06. The summed E-state index contributed by atoms with van der Waals surface area (Å²) in [6.45, 7) is 0. The number of ketones is 1. The van der Waals surface area contributed by atoms with Gasteiger partial charge in [-0.1, -0.05) is 29.3 Å². The molecule has 0 aliphatic rings. The maximum atomic E-state index is 12.0. The third kappa shape index (κ3) is 3.58. The van der Waals surface area contributed by atoms with Crippen LogP contribution in [0, 0.1) is 0 Å². The molecule has 0 saturated carbocycles. The van der Waals surface area contributed by atoms with Crippen LogP contribution >= 0.6 is 50.5 Å². The summed E-state index contributed by atoms with van der Waals surface area (Å²) in [4.78, 5) is 13.0. The first-order valence-corrected chi connectivity index (χ1v) is 7.66. The van der Waals surface area contributed by atoms with Gasteiger partial charge in [-0.2, -0.15) is 0 Å². The van der Waals surface area contributed by atoms with Crippen LogP contribution in [0.3, 0.4) is 0 Å². The molecule has 0 atom stereocenters. The summed E-state index contributed by atoms with van der Waals surface area (Å²) < 4.78 is 1.01. The predicted octanol–water partition coefficient (Wildman–Crippen LogP) is 5.17. The molecule has 0 unspecified atom stereocenters. The molecule has 2 rings (SSSR count). The van der Waals surface area contributed by atoms with Crippen molar-refractivity contribution in [1.29, 1.82) is 0 Å². The zero-order chi connectivity index (χ0) is 13.1. The predicted molar refractivity (Wildman–Crippen MR) is 80.9 cm³/mol. The van der Waals surface area contributed by atoms with Crippen LogP contribution in [0.15, 0.2) is 34.1 Å². The molecule has 0 aliphatic carbocycles. The lowest BCUT2D eigenvalue weighted by Gasteiger charge is -2.05. The molecule has 0 bridgehead atoms. The SMILES string of the molecule is O=C(Cc1cc(Br)cs1)Cc1c(Cl)cccc1Cl. The number of hydrogen-bond acceptors (Lipinski definition) is 2. The maximum Gasteiger partial charge on any atom is 0.142 e. The van der Waals surface area contributed by atoms with E-state index in [0.717, 1.165) is 9.35 Å². The monoisotopic (exact) mass is 362 g/mol. The third-order valence-corrected chi connectivity index (χ3v) is 4.83. The van der Waals surface area contributed by atoms with Gasteiger partial charge in [-0.25, -0.2) is 0 Å². The van der Waals surface area contributed by atoms with Crippen molar-refractivity contribution in [1.82, 2.24) is 0 Å². The van der Waals surface area contributed by atoms with Gasteiger partial charge in [0.15, 0.2) is 0 Å². The normalized spacial score (nSPS) is 10.6. The average molecular weight is 364 g/mol. The number of benzene rings is 1. The Bertz CT molecular complexity index is 560. The van der Waals surface area contributed by atoms with Gasteiger partial charge in [0.05, 0.1) is 0 Å². The molecule has 0 N–H and O–H groups in total. The Balaban J connectivity index is 2.08. The number of rotatable bonds is 4. The van der Waals surface area contributed by atoms with Gasteiger partial charge in [-0.05, 0) is 39.7 Å². The summed E-state index contributed by atoms with van der Waals surface area (Å²) in [5.41, 5.74) is 0.710. The minimum atomic E-state index is 0.111. The summed E-state index contributed by atoms with van der Waals surface area (Å²) in [5.74, 6) is 0.111. The van der Waals surface area contributed by atoms with E-state index >= 15 is 0 Å². The van der Waals surface area contributed by atoms with Crippen molar-refractivity contribution in [3.8, 4) is 0 Å². The van der Waals surface area contributed by atoms with E-state index in [1.54, 1.807) is 29.5 Å². The lowest BCUT2D eigenvalue weighted by atomic mass is 10.1. The number of carbonyl (C=O) groups is 1. The fourth-order valence-corrected chi connectivity index (χ4v) is 3.61. The Morgan fingerprint density at radius 1 is 1.22 bits per heavy atom.